The molecule has 1 atom stereocenters. The first-order chi connectivity index (χ1) is 9.21. The second kappa shape index (κ2) is 9.10. The van der Waals surface area contributed by atoms with Crippen LogP contribution in [-0.4, -0.2) is 25.3 Å². The number of hydrogen-bond donors (Lipinski definition) is 0. The summed E-state index contributed by atoms with van der Waals surface area (Å²) in [4.78, 5) is 11.8. The first kappa shape index (κ1) is 16.2. The first-order valence-corrected chi connectivity index (χ1v) is 7.75. The van der Waals surface area contributed by atoms with Gasteiger partial charge in [-0.2, -0.15) is 0 Å². The van der Waals surface area contributed by atoms with Gasteiger partial charge in [-0.15, -0.1) is 0 Å². The zero-order valence-electron chi connectivity index (χ0n) is 11.5. The van der Waals surface area contributed by atoms with Gasteiger partial charge < -0.3 is 9.47 Å². The Morgan fingerprint density at radius 2 is 1.84 bits per heavy atom. The van der Waals surface area contributed by atoms with E-state index in [1.807, 2.05) is 31.2 Å². The number of esters is 1. The van der Waals surface area contributed by atoms with Crippen molar-refractivity contribution in [1.82, 2.24) is 0 Å². The lowest BCUT2D eigenvalue weighted by atomic mass is 10.1. The Bertz CT molecular complexity index is 375. The monoisotopic (exact) mass is 328 g/mol. The van der Waals surface area contributed by atoms with Crippen LogP contribution in [0.4, 0.5) is 0 Å². The molecule has 0 aromatic heterocycles. The smallest absolute Gasteiger partial charge is 0.335 e. The highest BCUT2D eigenvalue weighted by Gasteiger charge is 2.20. The summed E-state index contributed by atoms with van der Waals surface area (Å²) in [6.45, 7) is 4.78. The van der Waals surface area contributed by atoms with Gasteiger partial charge in [-0.3, -0.25) is 0 Å². The van der Waals surface area contributed by atoms with E-state index in [4.69, 9.17) is 9.47 Å². The topological polar surface area (TPSA) is 35.5 Å². The summed E-state index contributed by atoms with van der Waals surface area (Å²) in [6.07, 6.45) is 0.939. The molecular formula is C15H21BrO3. The van der Waals surface area contributed by atoms with Gasteiger partial charge in [0.25, 0.3) is 0 Å². The minimum Gasteiger partial charge on any atom is -0.464 e. The number of benzene rings is 1. The van der Waals surface area contributed by atoms with Crippen molar-refractivity contribution in [2.24, 2.45) is 0 Å². The van der Waals surface area contributed by atoms with Crippen LogP contribution in [0.2, 0.25) is 0 Å². The van der Waals surface area contributed by atoms with E-state index in [1.54, 1.807) is 6.92 Å². The summed E-state index contributed by atoms with van der Waals surface area (Å²) in [5.41, 5.74) is 2.30. The van der Waals surface area contributed by atoms with Crippen LogP contribution in [0.15, 0.2) is 24.3 Å². The van der Waals surface area contributed by atoms with E-state index in [9.17, 15) is 4.79 Å². The molecular weight excluding hydrogens is 308 g/mol. The van der Waals surface area contributed by atoms with Gasteiger partial charge in [-0.25, -0.2) is 4.79 Å². The van der Waals surface area contributed by atoms with Crippen molar-refractivity contribution in [3.63, 3.8) is 0 Å². The van der Waals surface area contributed by atoms with Crippen LogP contribution in [0.5, 0.6) is 0 Å². The minimum atomic E-state index is -0.505. The molecule has 19 heavy (non-hydrogen) atoms. The number of halogens is 1. The van der Waals surface area contributed by atoms with Crippen molar-refractivity contribution in [2.75, 3.05) is 13.2 Å². The third-order valence-corrected chi connectivity index (χ3v) is 3.32. The molecule has 0 aliphatic carbocycles. The second-order valence-electron chi connectivity index (χ2n) is 4.27. The molecule has 106 valence electrons. The predicted octanol–water partition coefficient (Wildman–Crippen LogP) is 3.48. The van der Waals surface area contributed by atoms with Crippen LogP contribution in [0, 0.1) is 0 Å². The SMILES string of the molecule is CCCOC(Cc1ccc(CBr)cc1)C(=O)OCC. The summed E-state index contributed by atoms with van der Waals surface area (Å²) in [5, 5.41) is 0.834. The predicted molar refractivity (Wildman–Crippen MR) is 79.4 cm³/mol. The van der Waals surface area contributed by atoms with E-state index in [1.165, 1.54) is 5.56 Å². The van der Waals surface area contributed by atoms with Crippen LogP contribution >= 0.6 is 15.9 Å². The number of carbonyl (C=O) groups excluding carboxylic acids is 1. The molecule has 0 spiro atoms. The molecule has 1 aromatic rings. The van der Waals surface area contributed by atoms with Crippen molar-refractivity contribution < 1.29 is 14.3 Å². The summed E-state index contributed by atoms with van der Waals surface area (Å²) in [5.74, 6) is -0.277. The number of ether oxygens (including phenoxy) is 2. The average molecular weight is 329 g/mol. The largest absolute Gasteiger partial charge is 0.464 e. The van der Waals surface area contributed by atoms with Gasteiger partial charge in [-0.1, -0.05) is 47.1 Å². The van der Waals surface area contributed by atoms with Crippen molar-refractivity contribution in [2.45, 2.75) is 38.1 Å². The lowest BCUT2D eigenvalue weighted by Crippen LogP contribution is -2.29. The quantitative estimate of drug-likeness (QED) is 0.541. The molecule has 0 saturated carbocycles. The lowest BCUT2D eigenvalue weighted by molar-refractivity contribution is -0.156. The van der Waals surface area contributed by atoms with Crippen molar-refractivity contribution >= 4 is 21.9 Å². The standard InChI is InChI=1S/C15H21BrO3/c1-3-9-19-14(15(17)18-4-2)10-12-5-7-13(11-16)8-6-12/h5-8,14H,3-4,9-11H2,1-2H3. The zero-order chi connectivity index (χ0) is 14.1. The van der Waals surface area contributed by atoms with Gasteiger partial charge in [0.05, 0.1) is 6.61 Å². The highest BCUT2D eigenvalue weighted by atomic mass is 79.9. The maximum atomic E-state index is 11.8. The Morgan fingerprint density at radius 1 is 1.21 bits per heavy atom. The highest BCUT2D eigenvalue weighted by Crippen LogP contribution is 2.12. The van der Waals surface area contributed by atoms with Crippen molar-refractivity contribution in [1.29, 1.82) is 0 Å². The molecule has 0 saturated heterocycles. The molecule has 0 aliphatic rings. The number of alkyl halides is 1. The van der Waals surface area contributed by atoms with Crippen molar-refractivity contribution in [3.8, 4) is 0 Å². The fourth-order valence-corrected chi connectivity index (χ4v) is 2.06. The third-order valence-electron chi connectivity index (χ3n) is 2.67. The minimum absolute atomic E-state index is 0.277. The maximum absolute atomic E-state index is 11.8. The molecule has 0 heterocycles. The molecule has 0 fully saturated rings. The maximum Gasteiger partial charge on any atom is 0.335 e. The summed E-state index contributed by atoms with van der Waals surface area (Å²) in [7, 11) is 0. The first-order valence-electron chi connectivity index (χ1n) is 6.63. The summed E-state index contributed by atoms with van der Waals surface area (Å²) >= 11 is 3.41. The van der Waals surface area contributed by atoms with Crippen LogP contribution in [0.25, 0.3) is 0 Å². The molecule has 0 aliphatic heterocycles. The van der Waals surface area contributed by atoms with E-state index in [-0.39, 0.29) is 5.97 Å². The van der Waals surface area contributed by atoms with Gasteiger partial charge in [0.2, 0.25) is 0 Å². The summed E-state index contributed by atoms with van der Waals surface area (Å²) < 4.78 is 10.6. The van der Waals surface area contributed by atoms with Crippen molar-refractivity contribution in [3.05, 3.63) is 35.4 Å². The fourth-order valence-electron chi connectivity index (χ4n) is 1.68. The van der Waals surface area contributed by atoms with E-state index in [2.05, 4.69) is 15.9 Å². The highest BCUT2D eigenvalue weighted by molar-refractivity contribution is 9.08. The van der Waals surface area contributed by atoms with E-state index in [0.29, 0.717) is 19.6 Å². The van der Waals surface area contributed by atoms with Crippen LogP contribution in [0.1, 0.15) is 31.4 Å². The molecule has 4 heteroatoms. The van der Waals surface area contributed by atoms with Gasteiger partial charge in [0.1, 0.15) is 0 Å². The average Bonchev–Trinajstić information content (AvgIpc) is 2.44. The Balaban J connectivity index is 2.66. The van der Waals surface area contributed by atoms with Gasteiger partial charge in [-0.05, 0) is 24.5 Å². The molecule has 0 bridgehead atoms. The Hall–Kier alpha value is -0.870. The number of rotatable bonds is 8. The molecule has 3 nitrogen and oxygen atoms in total. The molecule has 1 aromatic carbocycles. The van der Waals surface area contributed by atoms with Crippen LogP contribution in [-0.2, 0) is 26.0 Å². The zero-order valence-corrected chi connectivity index (χ0v) is 13.1. The molecule has 0 radical (unpaired) electrons. The molecule has 1 rings (SSSR count). The number of carbonyl (C=O) groups is 1. The summed E-state index contributed by atoms with van der Waals surface area (Å²) in [6, 6.07) is 8.15. The Morgan fingerprint density at radius 3 is 2.37 bits per heavy atom. The molecule has 1 unspecified atom stereocenters. The van der Waals surface area contributed by atoms with Crippen LogP contribution in [0.3, 0.4) is 0 Å². The third kappa shape index (κ3) is 5.74. The Labute approximate surface area is 123 Å². The molecule has 0 amide bonds. The number of hydrogen-bond acceptors (Lipinski definition) is 3. The molecule has 0 N–H and O–H groups in total. The fraction of sp³-hybridized carbons (Fsp3) is 0.533. The van der Waals surface area contributed by atoms with E-state index >= 15 is 0 Å². The van der Waals surface area contributed by atoms with Gasteiger partial charge in [0.15, 0.2) is 6.10 Å². The van der Waals surface area contributed by atoms with E-state index < -0.39 is 6.10 Å². The van der Waals surface area contributed by atoms with E-state index in [0.717, 1.165) is 17.3 Å². The van der Waals surface area contributed by atoms with Gasteiger partial charge in [0, 0.05) is 18.4 Å². The lowest BCUT2D eigenvalue weighted by Gasteiger charge is -2.16. The Kier molecular flexibility index (Phi) is 7.75. The normalized spacial score (nSPS) is 12.2. The van der Waals surface area contributed by atoms with Gasteiger partial charge >= 0.3 is 5.97 Å². The second-order valence-corrected chi connectivity index (χ2v) is 4.83. The van der Waals surface area contributed by atoms with Crippen LogP contribution < -0.4 is 0 Å².